The molecule has 4 rings (SSSR count). The van der Waals surface area contributed by atoms with Gasteiger partial charge in [0.15, 0.2) is 10.9 Å². The number of nitrogens with one attached hydrogen (secondary N) is 1. The topological polar surface area (TPSA) is 96.4 Å². The number of sulfonamides is 1. The number of aryl methyl sites for hydroxylation is 1. The van der Waals surface area contributed by atoms with E-state index in [9.17, 15) is 18.0 Å². The van der Waals surface area contributed by atoms with Crippen LogP contribution in [-0.2, 0) is 21.2 Å². The molecule has 34 heavy (non-hydrogen) atoms. The number of anilines is 1. The van der Waals surface area contributed by atoms with E-state index in [-0.39, 0.29) is 35.6 Å². The average molecular weight is 498 g/mol. The largest absolute Gasteiger partial charge is 0.302 e. The molecule has 1 amide bonds. The quantitative estimate of drug-likeness (QED) is 0.492. The second-order valence-corrected chi connectivity index (χ2v) is 11.6. The van der Waals surface area contributed by atoms with Crippen LogP contribution in [0.25, 0.3) is 0 Å². The van der Waals surface area contributed by atoms with Gasteiger partial charge >= 0.3 is 0 Å². The number of carbonyl (C=O) groups excluding carboxylic acids is 2. The predicted octanol–water partition coefficient (Wildman–Crippen LogP) is 4.28. The summed E-state index contributed by atoms with van der Waals surface area (Å²) in [6.07, 6.45) is 3.40. The van der Waals surface area contributed by atoms with Crippen LogP contribution in [-0.4, -0.2) is 42.5 Å². The number of rotatable bonds is 7. The first-order chi connectivity index (χ1) is 16.2. The number of benzene rings is 2. The fraction of sp³-hybridized carbons (Fsp3) is 0.320. The molecule has 178 valence electrons. The van der Waals surface area contributed by atoms with E-state index in [4.69, 9.17) is 0 Å². The summed E-state index contributed by atoms with van der Waals surface area (Å²) in [5.41, 5.74) is 2.76. The summed E-state index contributed by atoms with van der Waals surface area (Å²) in [7, 11) is -3.72. The molecule has 2 heterocycles. The third kappa shape index (κ3) is 5.60. The molecule has 1 N–H and O–H groups in total. The van der Waals surface area contributed by atoms with Crippen LogP contribution in [0.5, 0.6) is 0 Å². The van der Waals surface area contributed by atoms with Crippen LogP contribution < -0.4 is 5.32 Å². The van der Waals surface area contributed by atoms with E-state index < -0.39 is 10.0 Å². The van der Waals surface area contributed by atoms with Crippen LogP contribution >= 0.6 is 11.3 Å². The number of Topliss-reactive ketones (excluding diaryl/α,β-unsaturated/α-hetero) is 1. The van der Waals surface area contributed by atoms with Crippen molar-refractivity contribution in [1.82, 2.24) is 9.29 Å². The lowest BCUT2D eigenvalue weighted by atomic mass is 9.97. The van der Waals surface area contributed by atoms with Crippen LogP contribution in [0.4, 0.5) is 5.13 Å². The fourth-order valence-corrected chi connectivity index (χ4v) is 6.31. The average Bonchev–Trinajstić information content (AvgIpc) is 3.27. The summed E-state index contributed by atoms with van der Waals surface area (Å²) < 4.78 is 27.4. The lowest BCUT2D eigenvalue weighted by molar-refractivity contribution is -0.120. The van der Waals surface area contributed by atoms with Crippen molar-refractivity contribution in [2.24, 2.45) is 5.92 Å². The molecule has 0 bridgehead atoms. The normalized spacial score (nSPS) is 15.2. The first-order valence-corrected chi connectivity index (χ1v) is 13.4. The Bertz CT molecular complexity index is 1290. The molecule has 1 fully saturated rings. The molecule has 1 saturated heterocycles. The van der Waals surface area contributed by atoms with Crippen LogP contribution in [0.2, 0.25) is 0 Å². The number of nitrogens with zero attached hydrogens (tertiary/aromatic N) is 2. The van der Waals surface area contributed by atoms with Crippen LogP contribution in [0.1, 0.15) is 46.1 Å². The number of ketones is 1. The standard InChI is InChI=1S/C25H27N3O4S2/c1-17-6-8-19(9-7-17)14-22-16-26-25(33-22)27-24(30)20-10-12-28(13-11-20)34(31,32)23-5-3-4-21(15-23)18(2)29/h3-9,15-16,20H,10-14H2,1-2H3,(H,26,27,30). The van der Waals surface area contributed by atoms with Gasteiger partial charge in [0.2, 0.25) is 15.9 Å². The lowest BCUT2D eigenvalue weighted by Crippen LogP contribution is -2.41. The Labute approximate surface area is 203 Å². The minimum atomic E-state index is -3.72. The summed E-state index contributed by atoms with van der Waals surface area (Å²) in [6.45, 7) is 3.96. The van der Waals surface area contributed by atoms with Gasteiger partial charge in [-0.15, -0.1) is 11.3 Å². The van der Waals surface area contributed by atoms with E-state index >= 15 is 0 Å². The van der Waals surface area contributed by atoms with Gasteiger partial charge in [0.1, 0.15) is 0 Å². The highest BCUT2D eigenvalue weighted by atomic mass is 32.2. The monoisotopic (exact) mass is 497 g/mol. The smallest absolute Gasteiger partial charge is 0.243 e. The van der Waals surface area contributed by atoms with Crippen molar-refractivity contribution >= 4 is 38.2 Å². The van der Waals surface area contributed by atoms with Crippen LogP contribution in [0.3, 0.4) is 0 Å². The van der Waals surface area contributed by atoms with Crippen molar-refractivity contribution in [2.75, 3.05) is 18.4 Å². The number of carbonyl (C=O) groups is 2. The predicted molar refractivity (Wildman–Crippen MR) is 133 cm³/mol. The number of hydrogen-bond acceptors (Lipinski definition) is 6. The molecular weight excluding hydrogens is 470 g/mol. The zero-order chi connectivity index (χ0) is 24.3. The maximum absolute atomic E-state index is 13.0. The Morgan fingerprint density at radius 3 is 2.50 bits per heavy atom. The van der Waals surface area contributed by atoms with Gasteiger partial charge in [0.25, 0.3) is 0 Å². The van der Waals surface area contributed by atoms with Gasteiger partial charge < -0.3 is 5.32 Å². The molecule has 7 nitrogen and oxygen atoms in total. The van der Waals surface area contributed by atoms with Crippen molar-refractivity contribution in [3.05, 3.63) is 76.3 Å². The van der Waals surface area contributed by atoms with Gasteiger partial charge in [0, 0.05) is 42.1 Å². The van der Waals surface area contributed by atoms with Gasteiger partial charge in [-0.25, -0.2) is 13.4 Å². The SMILES string of the molecule is CC(=O)c1cccc(S(=O)(=O)N2CCC(C(=O)Nc3ncc(Cc4ccc(C)cc4)s3)CC2)c1. The second kappa shape index (κ2) is 10.2. The van der Waals surface area contributed by atoms with Crippen molar-refractivity contribution in [3.8, 4) is 0 Å². The maximum Gasteiger partial charge on any atom is 0.243 e. The number of hydrogen-bond donors (Lipinski definition) is 1. The van der Waals surface area contributed by atoms with Crippen molar-refractivity contribution in [3.63, 3.8) is 0 Å². The fourth-order valence-electron chi connectivity index (χ4n) is 3.94. The number of amides is 1. The first-order valence-electron chi connectivity index (χ1n) is 11.1. The summed E-state index contributed by atoms with van der Waals surface area (Å²) >= 11 is 1.45. The van der Waals surface area contributed by atoms with Crippen molar-refractivity contribution < 1.29 is 18.0 Å². The number of piperidine rings is 1. The molecule has 0 atom stereocenters. The van der Waals surface area contributed by atoms with Gasteiger partial charge in [0.05, 0.1) is 4.90 Å². The Balaban J connectivity index is 1.33. The van der Waals surface area contributed by atoms with Gasteiger partial charge in [-0.1, -0.05) is 42.0 Å². The molecular formula is C25H27N3O4S2. The summed E-state index contributed by atoms with van der Waals surface area (Å²) in [5, 5.41) is 3.45. The number of aromatic nitrogens is 1. The first kappa shape index (κ1) is 24.3. The maximum atomic E-state index is 13.0. The third-order valence-electron chi connectivity index (χ3n) is 5.99. The van der Waals surface area contributed by atoms with E-state index in [2.05, 4.69) is 41.5 Å². The van der Waals surface area contributed by atoms with Gasteiger partial charge in [-0.05, 0) is 44.4 Å². The van der Waals surface area contributed by atoms with Gasteiger partial charge in [-0.2, -0.15) is 4.31 Å². The lowest BCUT2D eigenvalue weighted by Gasteiger charge is -2.30. The summed E-state index contributed by atoms with van der Waals surface area (Å²) in [4.78, 5) is 29.9. The minimum Gasteiger partial charge on any atom is -0.302 e. The van der Waals surface area contributed by atoms with E-state index in [0.29, 0.717) is 23.5 Å². The van der Waals surface area contributed by atoms with Crippen LogP contribution in [0.15, 0.2) is 59.6 Å². The van der Waals surface area contributed by atoms with Crippen LogP contribution in [0, 0.1) is 12.8 Å². The van der Waals surface area contributed by atoms with E-state index in [0.717, 1.165) is 11.3 Å². The molecule has 0 saturated carbocycles. The molecule has 0 unspecified atom stereocenters. The molecule has 0 radical (unpaired) electrons. The Morgan fingerprint density at radius 1 is 1.12 bits per heavy atom. The zero-order valence-corrected chi connectivity index (χ0v) is 20.8. The molecule has 1 aliphatic heterocycles. The molecule has 1 aromatic heterocycles. The molecule has 0 aliphatic carbocycles. The van der Waals surface area contributed by atoms with Crippen molar-refractivity contribution in [2.45, 2.75) is 38.0 Å². The highest BCUT2D eigenvalue weighted by Gasteiger charge is 2.32. The minimum absolute atomic E-state index is 0.104. The Hall–Kier alpha value is -2.88. The van der Waals surface area contributed by atoms with E-state index in [1.165, 1.54) is 45.8 Å². The highest BCUT2D eigenvalue weighted by Crippen LogP contribution is 2.27. The summed E-state index contributed by atoms with van der Waals surface area (Å²) in [6, 6.07) is 14.4. The Kier molecular flexibility index (Phi) is 7.25. The number of thiazole rings is 1. The van der Waals surface area contributed by atoms with Gasteiger partial charge in [-0.3, -0.25) is 9.59 Å². The highest BCUT2D eigenvalue weighted by molar-refractivity contribution is 7.89. The Morgan fingerprint density at radius 2 is 1.82 bits per heavy atom. The third-order valence-corrected chi connectivity index (χ3v) is 8.79. The molecule has 1 aliphatic rings. The zero-order valence-electron chi connectivity index (χ0n) is 19.2. The molecule has 3 aromatic rings. The molecule has 2 aromatic carbocycles. The second-order valence-electron chi connectivity index (χ2n) is 8.55. The molecule has 0 spiro atoms. The van der Waals surface area contributed by atoms with Crippen molar-refractivity contribution in [1.29, 1.82) is 0 Å². The summed E-state index contributed by atoms with van der Waals surface area (Å²) in [5.74, 6) is -0.594. The van der Waals surface area contributed by atoms with E-state index in [1.807, 2.05) is 0 Å². The van der Waals surface area contributed by atoms with E-state index in [1.54, 1.807) is 18.3 Å². The molecule has 9 heteroatoms.